The Labute approximate surface area is 162 Å². The lowest BCUT2D eigenvalue weighted by atomic mass is 9.64. The normalized spacial score (nSPS) is 27.1. The molecule has 3 heterocycles. The number of thiazole rings is 1. The summed E-state index contributed by atoms with van der Waals surface area (Å²) in [6, 6.07) is 0. The molecule has 146 valence electrons. The van der Waals surface area contributed by atoms with Gasteiger partial charge < -0.3 is 14.9 Å². The van der Waals surface area contributed by atoms with E-state index in [4.69, 9.17) is 0 Å². The molecular formula is C20H34N4OS. The molecule has 6 heteroatoms. The van der Waals surface area contributed by atoms with Crippen LogP contribution in [-0.2, 0) is 6.54 Å². The fourth-order valence-corrected chi connectivity index (χ4v) is 5.75. The van der Waals surface area contributed by atoms with E-state index in [2.05, 4.69) is 19.7 Å². The lowest BCUT2D eigenvalue weighted by Gasteiger charge is -2.51. The van der Waals surface area contributed by atoms with Crippen LogP contribution in [0.5, 0.6) is 0 Å². The Bertz CT molecular complexity index is 592. The highest BCUT2D eigenvalue weighted by Gasteiger charge is 2.44. The van der Waals surface area contributed by atoms with E-state index in [1.807, 2.05) is 20.3 Å². The molecule has 26 heavy (non-hydrogen) atoms. The van der Waals surface area contributed by atoms with Gasteiger partial charge in [0.2, 0.25) is 0 Å². The lowest BCUT2D eigenvalue weighted by Crippen LogP contribution is -2.53. The predicted octanol–water partition coefficient (Wildman–Crippen LogP) is 2.52. The molecule has 4 rings (SSSR count). The van der Waals surface area contributed by atoms with Crippen molar-refractivity contribution in [2.75, 3.05) is 58.3 Å². The van der Waals surface area contributed by atoms with Crippen LogP contribution in [0.2, 0.25) is 0 Å². The van der Waals surface area contributed by atoms with E-state index >= 15 is 0 Å². The summed E-state index contributed by atoms with van der Waals surface area (Å²) in [5.74, 6) is 1.42. The molecule has 1 aromatic rings. The standard InChI is InChI=1S/C20H34N4OS/c1-22(2)19-21-11-18(26-19)14-24-10-7-20(17(13-24)15-25)5-8-23(9-6-20)12-16-3-4-16/h11,16-17,25H,3-10,12-15H2,1-2H3/t17-/m1/s1. The number of likely N-dealkylation sites (tertiary alicyclic amines) is 2. The average Bonchev–Trinajstić information content (AvgIpc) is 3.33. The molecular weight excluding hydrogens is 344 g/mol. The van der Waals surface area contributed by atoms with Crippen LogP contribution in [0, 0.1) is 17.3 Å². The molecule has 0 radical (unpaired) electrons. The topological polar surface area (TPSA) is 42.8 Å². The molecule has 3 aliphatic rings. The Morgan fingerprint density at radius 3 is 2.46 bits per heavy atom. The van der Waals surface area contributed by atoms with Crippen molar-refractivity contribution in [1.29, 1.82) is 0 Å². The second kappa shape index (κ2) is 7.74. The van der Waals surface area contributed by atoms with Gasteiger partial charge in [0, 0.05) is 57.3 Å². The number of anilines is 1. The molecule has 5 nitrogen and oxygen atoms in total. The number of hydrogen-bond donors (Lipinski definition) is 1. The van der Waals surface area contributed by atoms with Crippen LogP contribution in [0.15, 0.2) is 6.20 Å². The van der Waals surface area contributed by atoms with Crippen molar-refractivity contribution < 1.29 is 5.11 Å². The second-order valence-electron chi connectivity index (χ2n) is 8.97. The smallest absolute Gasteiger partial charge is 0.185 e. The first-order chi connectivity index (χ1) is 12.6. The molecule has 2 aliphatic heterocycles. The van der Waals surface area contributed by atoms with Crippen LogP contribution >= 0.6 is 11.3 Å². The molecule has 0 unspecified atom stereocenters. The van der Waals surface area contributed by atoms with Gasteiger partial charge in [0.15, 0.2) is 5.13 Å². The predicted molar refractivity (Wildman–Crippen MR) is 108 cm³/mol. The van der Waals surface area contributed by atoms with Gasteiger partial charge in [-0.3, -0.25) is 4.90 Å². The van der Waals surface area contributed by atoms with Crippen molar-refractivity contribution in [3.05, 3.63) is 11.1 Å². The van der Waals surface area contributed by atoms with E-state index in [0.717, 1.165) is 30.7 Å². The third kappa shape index (κ3) is 4.08. The average molecular weight is 379 g/mol. The SMILES string of the molecule is CN(C)c1ncc(CN2CCC3(CCN(CC4CC4)CC3)[C@@H](CO)C2)s1. The summed E-state index contributed by atoms with van der Waals surface area (Å²) in [5.41, 5.74) is 0.383. The monoisotopic (exact) mass is 378 g/mol. The summed E-state index contributed by atoms with van der Waals surface area (Å²) >= 11 is 1.79. The number of aliphatic hydroxyl groups excluding tert-OH is 1. The van der Waals surface area contributed by atoms with E-state index in [-0.39, 0.29) is 0 Å². The van der Waals surface area contributed by atoms with Gasteiger partial charge in [0.05, 0.1) is 0 Å². The zero-order chi connectivity index (χ0) is 18.1. The highest BCUT2D eigenvalue weighted by molar-refractivity contribution is 7.15. The molecule has 0 amide bonds. The minimum atomic E-state index is 0.338. The maximum absolute atomic E-state index is 10.1. The van der Waals surface area contributed by atoms with Gasteiger partial charge in [-0.1, -0.05) is 0 Å². The molecule has 0 aromatic carbocycles. The maximum atomic E-state index is 10.1. The molecule has 1 aromatic heterocycles. The summed E-state index contributed by atoms with van der Waals surface area (Å²) < 4.78 is 0. The van der Waals surface area contributed by atoms with Gasteiger partial charge in [0.1, 0.15) is 0 Å². The Morgan fingerprint density at radius 1 is 1.19 bits per heavy atom. The van der Waals surface area contributed by atoms with E-state index in [1.165, 1.54) is 56.6 Å². The number of aromatic nitrogens is 1. The summed E-state index contributed by atoms with van der Waals surface area (Å²) in [7, 11) is 4.09. The molecule has 3 fully saturated rings. The van der Waals surface area contributed by atoms with Gasteiger partial charge in [-0.2, -0.15) is 0 Å². The lowest BCUT2D eigenvalue weighted by molar-refractivity contribution is -0.0440. The Morgan fingerprint density at radius 2 is 1.88 bits per heavy atom. The van der Waals surface area contributed by atoms with Crippen LogP contribution < -0.4 is 4.90 Å². The van der Waals surface area contributed by atoms with Gasteiger partial charge in [-0.05, 0) is 63.1 Å². The molecule has 1 saturated carbocycles. The van der Waals surface area contributed by atoms with Crippen molar-refractivity contribution in [2.24, 2.45) is 17.3 Å². The maximum Gasteiger partial charge on any atom is 0.185 e. The molecule has 2 saturated heterocycles. The zero-order valence-corrected chi connectivity index (χ0v) is 17.2. The van der Waals surface area contributed by atoms with Crippen molar-refractivity contribution in [3.8, 4) is 0 Å². The summed E-state index contributed by atoms with van der Waals surface area (Å²) in [5, 5.41) is 11.2. The quantitative estimate of drug-likeness (QED) is 0.824. The summed E-state index contributed by atoms with van der Waals surface area (Å²) in [6.07, 6.45) is 8.73. The molecule has 1 aliphatic carbocycles. The third-order valence-electron chi connectivity index (χ3n) is 6.86. The highest BCUT2D eigenvalue weighted by Crippen LogP contribution is 2.46. The van der Waals surface area contributed by atoms with E-state index in [9.17, 15) is 5.11 Å². The first kappa shape index (κ1) is 18.7. The van der Waals surface area contributed by atoms with E-state index in [0.29, 0.717) is 17.9 Å². The number of hydrogen-bond acceptors (Lipinski definition) is 6. The largest absolute Gasteiger partial charge is 0.396 e. The first-order valence-corrected chi connectivity index (χ1v) is 11.1. The van der Waals surface area contributed by atoms with Crippen molar-refractivity contribution in [3.63, 3.8) is 0 Å². The van der Waals surface area contributed by atoms with Crippen molar-refractivity contribution >= 4 is 16.5 Å². The van der Waals surface area contributed by atoms with Gasteiger partial charge >= 0.3 is 0 Å². The van der Waals surface area contributed by atoms with E-state index in [1.54, 1.807) is 11.3 Å². The third-order valence-corrected chi connectivity index (χ3v) is 8.01. The zero-order valence-electron chi connectivity index (χ0n) is 16.4. The Kier molecular flexibility index (Phi) is 5.56. The van der Waals surface area contributed by atoms with Crippen LogP contribution in [-0.4, -0.2) is 73.3 Å². The number of piperidine rings is 2. The van der Waals surface area contributed by atoms with Gasteiger partial charge in [0.25, 0.3) is 0 Å². The fourth-order valence-electron chi connectivity index (χ4n) is 4.88. The molecule has 1 atom stereocenters. The highest BCUT2D eigenvalue weighted by atomic mass is 32.1. The fraction of sp³-hybridized carbons (Fsp3) is 0.850. The van der Waals surface area contributed by atoms with E-state index < -0.39 is 0 Å². The minimum Gasteiger partial charge on any atom is -0.396 e. The van der Waals surface area contributed by atoms with Crippen LogP contribution in [0.25, 0.3) is 0 Å². The number of rotatable bonds is 6. The van der Waals surface area contributed by atoms with Crippen LogP contribution in [0.1, 0.15) is 37.0 Å². The summed E-state index contributed by atoms with van der Waals surface area (Å²) in [6.45, 7) is 7.33. The van der Waals surface area contributed by atoms with Crippen LogP contribution in [0.4, 0.5) is 5.13 Å². The van der Waals surface area contributed by atoms with Crippen molar-refractivity contribution in [2.45, 2.75) is 38.6 Å². The number of aliphatic hydroxyl groups is 1. The molecule has 1 spiro atoms. The van der Waals surface area contributed by atoms with Crippen molar-refractivity contribution in [1.82, 2.24) is 14.8 Å². The summed E-state index contributed by atoms with van der Waals surface area (Å²) in [4.78, 5) is 13.1. The van der Waals surface area contributed by atoms with Gasteiger partial charge in [-0.25, -0.2) is 4.98 Å². The van der Waals surface area contributed by atoms with Crippen LogP contribution in [0.3, 0.4) is 0 Å². The molecule has 1 N–H and O–H groups in total. The Hall–Kier alpha value is -0.690. The van der Waals surface area contributed by atoms with Gasteiger partial charge in [-0.15, -0.1) is 11.3 Å². The minimum absolute atomic E-state index is 0.338. The Balaban J connectivity index is 1.33. The molecule has 0 bridgehead atoms. The first-order valence-electron chi connectivity index (χ1n) is 10.3. The second-order valence-corrected chi connectivity index (χ2v) is 10.1. The number of nitrogens with zero attached hydrogens (tertiary/aromatic N) is 4.